The fraction of sp³-hybridized carbons (Fsp3) is 1.00. The van der Waals surface area contributed by atoms with Crippen LogP contribution in [-0.4, -0.2) is 25.8 Å². The fourth-order valence-corrected chi connectivity index (χ4v) is 2.73. The Morgan fingerprint density at radius 1 is 1.16 bits per heavy atom. The van der Waals surface area contributed by atoms with Crippen molar-refractivity contribution >= 4 is 0 Å². The highest BCUT2D eigenvalue weighted by molar-refractivity contribution is 4.88. The van der Waals surface area contributed by atoms with Gasteiger partial charge in [0, 0.05) is 25.8 Å². The number of nitrogens with one attached hydrogen (secondary N) is 1. The molecule has 0 aromatic carbocycles. The van der Waals surface area contributed by atoms with Crippen LogP contribution in [0, 0.1) is 11.3 Å². The Morgan fingerprint density at radius 3 is 2.21 bits per heavy atom. The van der Waals surface area contributed by atoms with E-state index in [4.69, 9.17) is 4.74 Å². The summed E-state index contributed by atoms with van der Waals surface area (Å²) in [5.74, 6) is 0.707. The van der Waals surface area contributed by atoms with Crippen molar-refractivity contribution in [1.29, 1.82) is 0 Å². The first kappa shape index (κ1) is 18.9. The molecular weight excluding hydrogens is 234 g/mol. The van der Waals surface area contributed by atoms with E-state index in [0.29, 0.717) is 11.3 Å². The van der Waals surface area contributed by atoms with Crippen LogP contribution in [-0.2, 0) is 4.74 Å². The fourth-order valence-electron chi connectivity index (χ4n) is 2.73. The van der Waals surface area contributed by atoms with Gasteiger partial charge in [0.05, 0.1) is 0 Å². The molecule has 19 heavy (non-hydrogen) atoms. The molecule has 0 rings (SSSR count). The molecule has 2 unspecified atom stereocenters. The summed E-state index contributed by atoms with van der Waals surface area (Å²) in [4.78, 5) is 0. The third-order valence-electron chi connectivity index (χ3n) is 4.50. The topological polar surface area (TPSA) is 21.3 Å². The summed E-state index contributed by atoms with van der Waals surface area (Å²) < 4.78 is 5.28. The molecule has 1 N–H and O–H groups in total. The zero-order valence-electron chi connectivity index (χ0n) is 14.4. The standard InChI is InChI=1S/C17H37NO/c1-8-10-12-17(9-2,14-18-16(4,5)6)15(3)11-13-19-7/h15,18H,8-14H2,1-7H3. The van der Waals surface area contributed by atoms with Crippen LogP contribution in [0.5, 0.6) is 0 Å². The largest absolute Gasteiger partial charge is 0.385 e. The molecular formula is C17H37NO. The second-order valence-corrected chi connectivity index (χ2v) is 7.11. The zero-order valence-corrected chi connectivity index (χ0v) is 14.4. The second kappa shape index (κ2) is 8.97. The Morgan fingerprint density at radius 2 is 1.79 bits per heavy atom. The van der Waals surface area contributed by atoms with Crippen LogP contribution in [0.1, 0.15) is 73.6 Å². The minimum atomic E-state index is 0.202. The van der Waals surface area contributed by atoms with Crippen molar-refractivity contribution in [3.8, 4) is 0 Å². The second-order valence-electron chi connectivity index (χ2n) is 7.11. The minimum absolute atomic E-state index is 0.202. The molecule has 0 spiro atoms. The Balaban J connectivity index is 4.75. The van der Waals surface area contributed by atoms with Gasteiger partial charge >= 0.3 is 0 Å². The summed E-state index contributed by atoms with van der Waals surface area (Å²) in [5.41, 5.74) is 0.620. The van der Waals surface area contributed by atoms with Gasteiger partial charge in [0.2, 0.25) is 0 Å². The number of hydrogen-bond acceptors (Lipinski definition) is 2. The SMILES string of the molecule is CCCCC(CC)(CNC(C)(C)C)C(C)CCOC. The minimum Gasteiger partial charge on any atom is -0.385 e. The quantitative estimate of drug-likeness (QED) is 0.625. The van der Waals surface area contributed by atoms with E-state index in [2.05, 4.69) is 46.9 Å². The van der Waals surface area contributed by atoms with E-state index >= 15 is 0 Å². The van der Waals surface area contributed by atoms with E-state index < -0.39 is 0 Å². The van der Waals surface area contributed by atoms with Gasteiger partial charge in [0.25, 0.3) is 0 Å². The van der Waals surface area contributed by atoms with Crippen LogP contribution in [0.25, 0.3) is 0 Å². The van der Waals surface area contributed by atoms with Crippen LogP contribution in [0.4, 0.5) is 0 Å². The number of rotatable bonds is 10. The van der Waals surface area contributed by atoms with Gasteiger partial charge in [-0.15, -0.1) is 0 Å². The van der Waals surface area contributed by atoms with Crippen LogP contribution >= 0.6 is 0 Å². The van der Waals surface area contributed by atoms with E-state index in [1.54, 1.807) is 7.11 Å². The Labute approximate surface area is 121 Å². The predicted octanol–water partition coefficient (Wildman–Crippen LogP) is 4.63. The van der Waals surface area contributed by atoms with Gasteiger partial charge in [-0.3, -0.25) is 0 Å². The first-order valence-electron chi connectivity index (χ1n) is 8.05. The lowest BCUT2D eigenvalue weighted by molar-refractivity contribution is 0.0893. The molecule has 0 amide bonds. The Kier molecular flexibility index (Phi) is 8.93. The van der Waals surface area contributed by atoms with Crippen molar-refractivity contribution in [2.45, 2.75) is 79.2 Å². The lowest BCUT2D eigenvalue weighted by Crippen LogP contribution is -2.46. The monoisotopic (exact) mass is 271 g/mol. The van der Waals surface area contributed by atoms with Gasteiger partial charge in [-0.1, -0.05) is 33.6 Å². The molecule has 0 aliphatic rings. The molecule has 0 saturated heterocycles. The van der Waals surface area contributed by atoms with E-state index in [9.17, 15) is 0 Å². The number of unbranched alkanes of at least 4 members (excludes halogenated alkanes) is 1. The lowest BCUT2D eigenvalue weighted by Gasteiger charge is -2.41. The average molecular weight is 271 g/mol. The molecule has 0 aliphatic heterocycles. The molecule has 2 nitrogen and oxygen atoms in total. The maximum atomic E-state index is 5.28. The van der Waals surface area contributed by atoms with Gasteiger partial charge in [-0.2, -0.15) is 0 Å². The summed E-state index contributed by atoms with van der Waals surface area (Å²) >= 11 is 0. The molecule has 0 radical (unpaired) electrons. The summed E-state index contributed by atoms with van der Waals surface area (Å²) in [6.45, 7) is 15.8. The van der Waals surface area contributed by atoms with E-state index in [1.807, 2.05) is 0 Å². The number of methoxy groups -OCH3 is 1. The summed E-state index contributed by atoms with van der Waals surface area (Å²) in [6, 6.07) is 0. The van der Waals surface area contributed by atoms with Crippen molar-refractivity contribution in [1.82, 2.24) is 5.32 Å². The molecule has 0 aliphatic carbocycles. The summed E-state index contributed by atoms with van der Waals surface area (Å²) in [5, 5.41) is 3.74. The van der Waals surface area contributed by atoms with E-state index in [0.717, 1.165) is 13.2 Å². The molecule has 0 saturated carbocycles. The third kappa shape index (κ3) is 7.31. The van der Waals surface area contributed by atoms with Crippen molar-refractivity contribution in [3.05, 3.63) is 0 Å². The van der Waals surface area contributed by atoms with Crippen LogP contribution in [0.2, 0.25) is 0 Å². The van der Waals surface area contributed by atoms with Crippen LogP contribution in [0.3, 0.4) is 0 Å². The highest BCUT2D eigenvalue weighted by atomic mass is 16.5. The molecule has 116 valence electrons. The van der Waals surface area contributed by atoms with Crippen molar-refractivity contribution < 1.29 is 4.74 Å². The van der Waals surface area contributed by atoms with Crippen molar-refractivity contribution in [3.63, 3.8) is 0 Å². The van der Waals surface area contributed by atoms with Gasteiger partial charge in [-0.25, -0.2) is 0 Å². The van der Waals surface area contributed by atoms with Crippen LogP contribution in [0.15, 0.2) is 0 Å². The number of hydrogen-bond donors (Lipinski definition) is 1. The van der Waals surface area contributed by atoms with Crippen LogP contribution < -0.4 is 5.32 Å². The normalized spacial score (nSPS) is 17.2. The van der Waals surface area contributed by atoms with Crippen molar-refractivity contribution in [2.75, 3.05) is 20.3 Å². The third-order valence-corrected chi connectivity index (χ3v) is 4.50. The molecule has 0 fully saturated rings. The smallest absolute Gasteiger partial charge is 0.0465 e. The first-order chi connectivity index (χ1) is 8.81. The lowest BCUT2D eigenvalue weighted by atomic mass is 9.69. The van der Waals surface area contributed by atoms with Gasteiger partial charge in [0.15, 0.2) is 0 Å². The maximum Gasteiger partial charge on any atom is 0.0465 e. The van der Waals surface area contributed by atoms with Gasteiger partial charge < -0.3 is 10.1 Å². The average Bonchev–Trinajstić information content (AvgIpc) is 2.35. The maximum absolute atomic E-state index is 5.28. The molecule has 2 heteroatoms. The van der Waals surface area contributed by atoms with Crippen molar-refractivity contribution in [2.24, 2.45) is 11.3 Å². The summed E-state index contributed by atoms with van der Waals surface area (Å²) in [6.07, 6.45) is 6.36. The Bertz CT molecular complexity index is 222. The van der Waals surface area contributed by atoms with Gasteiger partial charge in [0.1, 0.15) is 0 Å². The molecule has 0 bridgehead atoms. The molecule has 0 aromatic rings. The Hall–Kier alpha value is -0.0800. The zero-order chi connectivity index (χ0) is 14.9. The van der Waals surface area contributed by atoms with Gasteiger partial charge in [-0.05, 0) is 51.4 Å². The molecule has 2 atom stereocenters. The molecule has 0 heterocycles. The summed E-state index contributed by atoms with van der Waals surface area (Å²) in [7, 11) is 1.81. The highest BCUT2D eigenvalue weighted by Crippen LogP contribution is 2.38. The number of ether oxygens (including phenoxy) is 1. The predicted molar refractivity (Wildman–Crippen MR) is 85.7 cm³/mol. The highest BCUT2D eigenvalue weighted by Gasteiger charge is 2.34. The van der Waals surface area contributed by atoms with E-state index in [-0.39, 0.29) is 5.54 Å². The molecule has 0 aromatic heterocycles. The first-order valence-corrected chi connectivity index (χ1v) is 8.05. The van der Waals surface area contributed by atoms with E-state index in [1.165, 1.54) is 32.1 Å².